The topological polar surface area (TPSA) is 116 Å². The minimum atomic E-state index is -3.68. The molecule has 0 aromatic heterocycles. The Kier molecular flexibility index (Phi) is 6.67. The molecule has 0 amide bonds. The molecule has 0 atom stereocenters. The van der Waals surface area contributed by atoms with Crippen molar-refractivity contribution in [3.63, 3.8) is 0 Å². The van der Waals surface area contributed by atoms with E-state index in [1.54, 1.807) is 13.8 Å². The molecule has 0 aliphatic heterocycles. The van der Waals surface area contributed by atoms with E-state index in [1.165, 1.54) is 6.92 Å². The van der Waals surface area contributed by atoms with Gasteiger partial charge in [0.05, 0.1) is 13.2 Å². The molecule has 4 N–H and O–H groups in total. The minimum absolute atomic E-state index is 0.0594. The van der Waals surface area contributed by atoms with Crippen LogP contribution in [0.1, 0.15) is 38.3 Å². The van der Waals surface area contributed by atoms with Crippen molar-refractivity contribution in [1.29, 1.82) is 0 Å². The van der Waals surface area contributed by atoms with Gasteiger partial charge in [0.15, 0.2) is 11.6 Å². The second-order valence-corrected chi connectivity index (χ2v) is 5.15. The van der Waals surface area contributed by atoms with Crippen LogP contribution < -0.4 is 4.74 Å². The maximum Gasteiger partial charge on any atom is 0.372 e. The standard InChI is InChI=1S/C16H23FO7/c1-4-7-10-11(8-9-12(13(10)17)23-5-2)15(19,20)16(21,22)14(18)24-6-3/h8-9,19-22H,4-7H2,1-3H3. The Labute approximate surface area is 139 Å². The van der Waals surface area contributed by atoms with E-state index in [2.05, 4.69) is 4.74 Å². The highest BCUT2D eigenvalue weighted by atomic mass is 19.1. The maximum atomic E-state index is 14.5. The van der Waals surface area contributed by atoms with Crippen molar-refractivity contribution in [1.82, 2.24) is 0 Å². The van der Waals surface area contributed by atoms with Crippen molar-refractivity contribution in [3.05, 3.63) is 29.1 Å². The molecule has 1 rings (SSSR count). The van der Waals surface area contributed by atoms with Gasteiger partial charge in [0, 0.05) is 11.1 Å². The number of hydrogen-bond acceptors (Lipinski definition) is 7. The molecule has 0 unspecified atom stereocenters. The zero-order valence-electron chi connectivity index (χ0n) is 13.9. The number of rotatable bonds is 8. The molecular formula is C16H23FO7. The summed E-state index contributed by atoms with van der Waals surface area (Å²) in [6, 6.07) is 2.19. The third kappa shape index (κ3) is 3.67. The highest BCUT2D eigenvalue weighted by Crippen LogP contribution is 2.36. The summed E-state index contributed by atoms with van der Waals surface area (Å²) >= 11 is 0. The molecule has 0 aliphatic carbocycles. The molecule has 0 spiro atoms. The van der Waals surface area contributed by atoms with Gasteiger partial charge in [-0.2, -0.15) is 0 Å². The zero-order valence-corrected chi connectivity index (χ0v) is 13.9. The van der Waals surface area contributed by atoms with Crippen LogP contribution in [0.15, 0.2) is 12.1 Å². The normalized spacial score (nSPS) is 12.2. The fourth-order valence-corrected chi connectivity index (χ4v) is 2.25. The second-order valence-electron chi connectivity index (χ2n) is 5.15. The number of benzene rings is 1. The number of ether oxygens (including phenoxy) is 2. The second kappa shape index (κ2) is 7.89. The van der Waals surface area contributed by atoms with Crippen LogP contribution in [0.5, 0.6) is 5.75 Å². The number of carbonyl (C=O) groups is 1. The van der Waals surface area contributed by atoms with Gasteiger partial charge in [-0.25, -0.2) is 9.18 Å². The Balaban J connectivity index is 3.47. The van der Waals surface area contributed by atoms with Crippen LogP contribution in [0, 0.1) is 5.82 Å². The molecule has 0 aliphatic rings. The van der Waals surface area contributed by atoms with Crippen LogP contribution in [0.2, 0.25) is 0 Å². The molecular weight excluding hydrogens is 323 g/mol. The first-order chi connectivity index (χ1) is 11.1. The van der Waals surface area contributed by atoms with E-state index in [9.17, 15) is 29.6 Å². The molecule has 1 aromatic rings. The Hall–Kier alpha value is -1.74. The van der Waals surface area contributed by atoms with Crippen LogP contribution in [0.3, 0.4) is 0 Å². The molecule has 0 fully saturated rings. The maximum absolute atomic E-state index is 14.5. The average Bonchev–Trinajstić information content (AvgIpc) is 2.51. The zero-order chi connectivity index (χ0) is 18.5. The van der Waals surface area contributed by atoms with Gasteiger partial charge in [-0.05, 0) is 32.4 Å². The van der Waals surface area contributed by atoms with Crippen LogP contribution in [0.25, 0.3) is 0 Å². The first-order valence-corrected chi connectivity index (χ1v) is 7.66. The number of carbonyl (C=O) groups excluding carboxylic acids is 1. The van der Waals surface area contributed by atoms with Crippen molar-refractivity contribution < 1.29 is 39.1 Å². The summed E-state index contributed by atoms with van der Waals surface area (Å²) in [6.45, 7) is 4.77. The molecule has 136 valence electrons. The van der Waals surface area contributed by atoms with Gasteiger partial charge in [-0.3, -0.25) is 0 Å². The Bertz CT molecular complexity index is 584. The smallest absolute Gasteiger partial charge is 0.372 e. The Morgan fingerprint density at radius 2 is 1.75 bits per heavy atom. The molecule has 0 radical (unpaired) electrons. The minimum Gasteiger partial charge on any atom is -0.491 e. The van der Waals surface area contributed by atoms with E-state index in [0.717, 1.165) is 12.1 Å². The Morgan fingerprint density at radius 1 is 1.12 bits per heavy atom. The van der Waals surface area contributed by atoms with Crippen LogP contribution >= 0.6 is 0 Å². The summed E-state index contributed by atoms with van der Waals surface area (Å²) in [5.74, 6) is -9.78. The molecule has 1 aromatic carbocycles. The van der Waals surface area contributed by atoms with E-state index < -0.39 is 28.9 Å². The van der Waals surface area contributed by atoms with Gasteiger partial charge in [0.1, 0.15) is 0 Å². The third-order valence-corrected chi connectivity index (χ3v) is 3.43. The van der Waals surface area contributed by atoms with Crippen LogP contribution in [0.4, 0.5) is 4.39 Å². The quantitative estimate of drug-likeness (QED) is 0.401. The number of esters is 1. The fourth-order valence-electron chi connectivity index (χ4n) is 2.25. The predicted octanol–water partition coefficient (Wildman–Crippen LogP) is 0.558. The van der Waals surface area contributed by atoms with Gasteiger partial charge < -0.3 is 29.9 Å². The molecule has 24 heavy (non-hydrogen) atoms. The lowest BCUT2D eigenvalue weighted by molar-refractivity contribution is -0.354. The van der Waals surface area contributed by atoms with Gasteiger partial charge in [0.25, 0.3) is 5.79 Å². The molecule has 7 nitrogen and oxygen atoms in total. The summed E-state index contributed by atoms with van der Waals surface area (Å²) in [5.41, 5.74) is -0.742. The van der Waals surface area contributed by atoms with Crippen molar-refractivity contribution in [2.75, 3.05) is 13.2 Å². The molecule has 0 saturated carbocycles. The highest BCUT2D eigenvalue weighted by molar-refractivity contribution is 5.79. The van der Waals surface area contributed by atoms with Crippen LogP contribution in [-0.2, 0) is 21.7 Å². The SMILES string of the molecule is CCCc1c(C(O)(O)C(O)(O)C(=O)OCC)ccc(OCC)c1F. The number of hydrogen-bond donors (Lipinski definition) is 4. The first kappa shape index (κ1) is 20.3. The van der Waals surface area contributed by atoms with Gasteiger partial charge in [0.2, 0.25) is 0 Å². The lowest BCUT2D eigenvalue weighted by Crippen LogP contribution is -2.58. The molecule has 0 heterocycles. The monoisotopic (exact) mass is 346 g/mol. The number of aliphatic hydroxyl groups is 4. The van der Waals surface area contributed by atoms with Crippen molar-refractivity contribution in [3.8, 4) is 5.75 Å². The molecule has 0 bridgehead atoms. The van der Waals surface area contributed by atoms with E-state index in [4.69, 9.17) is 4.74 Å². The van der Waals surface area contributed by atoms with Crippen LogP contribution in [-0.4, -0.2) is 45.4 Å². The van der Waals surface area contributed by atoms with Gasteiger partial charge in [-0.15, -0.1) is 0 Å². The summed E-state index contributed by atoms with van der Waals surface area (Å²) in [4.78, 5) is 11.6. The summed E-state index contributed by atoms with van der Waals surface area (Å²) < 4.78 is 24.1. The average molecular weight is 346 g/mol. The van der Waals surface area contributed by atoms with E-state index >= 15 is 0 Å². The van der Waals surface area contributed by atoms with Gasteiger partial charge >= 0.3 is 11.8 Å². The Morgan fingerprint density at radius 3 is 2.25 bits per heavy atom. The van der Waals surface area contributed by atoms with E-state index in [-0.39, 0.29) is 30.9 Å². The van der Waals surface area contributed by atoms with Crippen molar-refractivity contribution in [2.24, 2.45) is 0 Å². The van der Waals surface area contributed by atoms with E-state index in [0.29, 0.717) is 6.42 Å². The van der Waals surface area contributed by atoms with E-state index in [1.807, 2.05) is 0 Å². The molecule has 8 heteroatoms. The molecule has 0 saturated heterocycles. The highest BCUT2D eigenvalue weighted by Gasteiger charge is 2.57. The lowest BCUT2D eigenvalue weighted by atomic mass is 9.90. The summed E-state index contributed by atoms with van der Waals surface area (Å²) in [5, 5.41) is 40.2. The predicted molar refractivity (Wildman–Crippen MR) is 81.5 cm³/mol. The summed E-state index contributed by atoms with van der Waals surface area (Å²) in [7, 11) is 0. The fraction of sp³-hybridized carbons (Fsp3) is 0.562. The largest absolute Gasteiger partial charge is 0.491 e. The summed E-state index contributed by atoms with van der Waals surface area (Å²) in [6.07, 6.45) is 0.489. The first-order valence-electron chi connectivity index (χ1n) is 7.66. The third-order valence-electron chi connectivity index (χ3n) is 3.43. The van der Waals surface area contributed by atoms with Gasteiger partial charge in [-0.1, -0.05) is 13.3 Å². The van der Waals surface area contributed by atoms with Crippen molar-refractivity contribution in [2.45, 2.75) is 45.2 Å². The number of halogens is 1. The lowest BCUT2D eigenvalue weighted by Gasteiger charge is -2.34. The van der Waals surface area contributed by atoms with Crippen molar-refractivity contribution >= 4 is 5.97 Å².